The molecule has 2 saturated heterocycles. The van der Waals surface area contributed by atoms with E-state index in [9.17, 15) is 9.59 Å². The molecule has 0 saturated carbocycles. The van der Waals surface area contributed by atoms with Gasteiger partial charge >= 0.3 is 6.03 Å². The van der Waals surface area contributed by atoms with Gasteiger partial charge in [-0.2, -0.15) is 0 Å². The van der Waals surface area contributed by atoms with Gasteiger partial charge in [-0.3, -0.25) is 9.69 Å². The van der Waals surface area contributed by atoms with Crippen LogP contribution in [-0.2, 0) is 4.79 Å². The number of hydrogen-bond acceptors (Lipinski definition) is 2. The number of aryl methyl sites for hydroxylation is 1. The largest absolute Gasteiger partial charge is 0.341 e. The predicted molar refractivity (Wildman–Crippen MR) is 95.0 cm³/mol. The highest BCUT2D eigenvalue weighted by Gasteiger charge is 2.33. The SMILES string of the molecule is Cc1ccc(N2CCN(CC(=O)N3CC(C)CC(C)C3)C2=O)cc1. The van der Waals surface area contributed by atoms with Crippen LogP contribution in [0.2, 0.25) is 0 Å². The maximum Gasteiger partial charge on any atom is 0.325 e. The predicted octanol–water partition coefficient (Wildman–Crippen LogP) is 2.74. The van der Waals surface area contributed by atoms with Gasteiger partial charge in [-0.25, -0.2) is 4.79 Å². The van der Waals surface area contributed by atoms with Crippen molar-refractivity contribution in [2.75, 3.05) is 37.6 Å². The van der Waals surface area contributed by atoms with Gasteiger partial charge in [0.1, 0.15) is 6.54 Å². The second kappa shape index (κ2) is 6.83. The molecule has 0 aromatic heterocycles. The average molecular weight is 329 g/mol. The van der Waals surface area contributed by atoms with Gasteiger partial charge in [0.05, 0.1) is 0 Å². The Balaban J connectivity index is 1.61. The van der Waals surface area contributed by atoms with Crippen LogP contribution in [0, 0.1) is 18.8 Å². The number of nitrogens with zero attached hydrogens (tertiary/aromatic N) is 3. The first-order chi connectivity index (χ1) is 11.4. The Labute approximate surface area is 144 Å². The van der Waals surface area contributed by atoms with Gasteiger partial charge in [0, 0.05) is 31.9 Å². The van der Waals surface area contributed by atoms with Gasteiger partial charge in [0.2, 0.25) is 5.91 Å². The molecule has 3 amide bonds. The van der Waals surface area contributed by atoms with Crippen LogP contribution in [0.4, 0.5) is 10.5 Å². The van der Waals surface area contributed by atoms with Crippen LogP contribution in [-0.4, -0.2) is 54.5 Å². The Kier molecular flexibility index (Phi) is 4.78. The first-order valence-corrected chi connectivity index (χ1v) is 8.85. The lowest BCUT2D eigenvalue weighted by Crippen LogP contribution is -2.47. The van der Waals surface area contributed by atoms with Crippen molar-refractivity contribution in [1.29, 1.82) is 0 Å². The normalized spacial score (nSPS) is 24.6. The van der Waals surface area contributed by atoms with Crippen LogP contribution in [0.3, 0.4) is 0 Å². The number of hydrogen-bond donors (Lipinski definition) is 0. The van der Waals surface area contributed by atoms with Crippen LogP contribution in [0.25, 0.3) is 0 Å². The molecule has 2 aliphatic heterocycles. The zero-order valence-electron chi connectivity index (χ0n) is 14.9. The number of likely N-dealkylation sites (tertiary alicyclic amines) is 1. The Bertz CT molecular complexity index is 604. The van der Waals surface area contributed by atoms with E-state index in [0.29, 0.717) is 24.9 Å². The van der Waals surface area contributed by atoms with Crippen molar-refractivity contribution in [3.8, 4) is 0 Å². The third-order valence-electron chi connectivity index (χ3n) is 4.99. The molecule has 0 aliphatic carbocycles. The molecule has 2 atom stereocenters. The van der Waals surface area contributed by atoms with Crippen molar-refractivity contribution in [2.24, 2.45) is 11.8 Å². The number of carbonyl (C=O) groups excluding carboxylic acids is 2. The summed E-state index contributed by atoms with van der Waals surface area (Å²) in [6.07, 6.45) is 1.17. The minimum absolute atomic E-state index is 0.0645. The number of urea groups is 1. The fourth-order valence-electron chi connectivity index (χ4n) is 3.82. The van der Waals surface area contributed by atoms with Crippen LogP contribution in [0.1, 0.15) is 25.8 Å². The standard InChI is InChI=1S/C19H27N3O2/c1-14-4-6-17(7-5-14)22-9-8-20(19(22)24)13-18(23)21-11-15(2)10-16(3)12-21/h4-7,15-16H,8-13H2,1-3H3. The van der Waals surface area contributed by atoms with Crippen molar-refractivity contribution in [2.45, 2.75) is 27.2 Å². The van der Waals surface area contributed by atoms with E-state index in [1.807, 2.05) is 36.1 Å². The van der Waals surface area contributed by atoms with Gasteiger partial charge in [-0.15, -0.1) is 0 Å². The molecule has 2 fully saturated rings. The van der Waals surface area contributed by atoms with Gasteiger partial charge in [0.25, 0.3) is 0 Å². The smallest absolute Gasteiger partial charge is 0.325 e. The molecule has 3 rings (SSSR count). The van der Waals surface area contributed by atoms with Crippen LogP contribution in [0.5, 0.6) is 0 Å². The molecule has 130 valence electrons. The maximum atomic E-state index is 12.6. The number of amides is 3. The highest BCUT2D eigenvalue weighted by Crippen LogP contribution is 2.23. The van der Waals surface area contributed by atoms with Crippen LogP contribution < -0.4 is 4.90 Å². The summed E-state index contributed by atoms with van der Waals surface area (Å²) in [7, 11) is 0. The summed E-state index contributed by atoms with van der Waals surface area (Å²) in [4.78, 5) is 30.6. The highest BCUT2D eigenvalue weighted by molar-refractivity contribution is 5.96. The fraction of sp³-hybridized carbons (Fsp3) is 0.579. The lowest BCUT2D eigenvalue weighted by molar-refractivity contribution is -0.134. The van der Waals surface area contributed by atoms with E-state index in [2.05, 4.69) is 13.8 Å². The summed E-state index contributed by atoms with van der Waals surface area (Å²) in [5, 5.41) is 0. The molecule has 2 unspecified atom stereocenters. The number of piperidine rings is 1. The lowest BCUT2D eigenvalue weighted by Gasteiger charge is -2.35. The number of rotatable bonds is 3. The van der Waals surface area contributed by atoms with Gasteiger partial charge in [-0.05, 0) is 37.3 Å². The summed E-state index contributed by atoms with van der Waals surface area (Å²) in [5.41, 5.74) is 2.08. The Morgan fingerprint density at radius 2 is 1.71 bits per heavy atom. The summed E-state index contributed by atoms with van der Waals surface area (Å²) in [6.45, 7) is 9.48. The summed E-state index contributed by atoms with van der Waals surface area (Å²) >= 11 is 0. The molecule has 5 nitrogen and oxygen atoms in total. The first-order valence-electron chi connectivity index (χ1n) is 8.85. The van der Waals surface area contributed by atoms with Crippen LogP contribution >= 0.6 is 0 Å². The maximum absolute atomic E-state index is 12.6. The second-order valence-electron chi connectivity index (χ2n) is 7.44. The number of anilines is 1. The zero-order valence-corrected chi connectivity index (χ0v) is 14.9. The molecule has 1 aromatic rings. The highest BCUT2D eigenvalue weighted by atomic mass is 16.2. The topological polar surface area (TPSA) is 43.9 Å². The van der Waals surface area contributed by atoms with Crippen LogP contribution in [0.15, 0.2) is 24.3 Å². The van der Waals surface area contributed by atoms with E-state index in [-0.39, 0.29) is 18.5 Å². The molecule has 0 N–H and O–H groups in total. The molecular weight excluding hydrogens is 302 g/mol. The van der Waals surface area contributed by atoms with Crippen molar-refractivity contribution in [3.63, 3.8) is 0 Å². The molecule has 2 aliphatic rings. The quantitative estimate of drug-likeness (QED) is 0.856. The van der Waals surface area contributed by atoms with Crippen molar-refractivity contribution >= 4 is 17.6 Å². The monoisotopic (exact) mass is 329 g/mol. The van der Waals surface area contributed by atoms with E-state index < -0.39 is 0 Å². The molecule has 5 heteroatoms. The average Bonchev–Trinajstić information content (AvgIpc) is 2.88. The summed E-state index contributed by atoms with van der Waals surface area (Å²) < 4.78 is 0. The molecule has 2 heterocycles. The molecule has 24 heavy (non-hydrogen) atoms. The van der Waals surface area contributed by atoms with Gasteiger partial charge in [-0.1, -0.05) is 31.5 Å². The fourth-order valence-corrected chi connectivity index (χ4v) is 3.82. The lowest BCUT2D eigenvalue weighted by atomic mass is 9.92. The third kappa shape index (κ3) is 3.55. The zero-order chi connectivity index (χ0) is 17.3. The Morgan fingerprint density at radius 3 is 2.33 bits per heavy atom. The van der Waals surface area contributed by atoms with E-state index in [1.54, 1.807) is 9.80 Å². The van der Waals surface area contributed by atoms with Gasteiger partial charge in [0.15, 0.2) is 0 Å². The summed E-state index contributed by atoms with van der Waals surface area (Å²) in [6, 6.07) is 7.88. The van der Waals surface area contributed by atoms with E-state index in [4.69, 9.17) is 0 Å². The minimum atomic E-state index is -0.0645. The van der Waals surface area contributed by atoms with Crippen molar-refractivity contribution < 1.29 is 9.59 Å². The first kappa shape index (κ1) is 16.8. The number of carbonyl (C=O) groups is 2. The minimum Gasteiger partial charge on any atom is -0.341 e. The number of benzene rings is 1. The molecule has 0 radical (unpaired) electrons. The van der Waals surface area contributed by atoms with E-state index in [0.717, 1.165) is 18.8 Å². The van der Waals surface area contributed by atoms with Gasteiger partial charge < -0.3 is 9.80 Å². The molecule has 0 bridgehead atoms. The van der Waals surface area contributed by atoms with E-state index in [1.165, 1.54) is 12.0 Å². The third-order valence-corrected chi connectivity index (χ3v) is 4.99. The van der Waals surface area contributed by atoms with E-state index >= 15 is 0 Å². The molecule has 0 spiro atoms. The molecular formula is C19H27N3O2. The van der Waals surface area contributed by atoms with Crippen molar-refractivity contribution in [3.05, 3.63) is 29.8 Å². The second-order valence-corrected chi connectivity index (χ2v) is 7.44. The Hall–Kier alpha value is -2.04. The molecule has 1 aromatic carbocycles. The van der Waals surface area contributed by atoms with Crippen molar-refractivity contribution in [1.82, 2.24) is 9.80 Å². The Morgan fingerprint density at radius 1 is 1.08 bits per heavy atom. The summed E-state index contributed by atoms with van der Waals surface area (Å²) in [5.74, 6) is 1.15.